The van der Waals surface area contributed by atoms with Gasteiger partial charge in [-0.15, -0.1) is 0 Å². The van der Waals surface area contributed by atoms with Gasteiger partial charge in [-0.1, -0.05) is 6.92 Å². The molecule has 0 aliphatic heterocycles. The zero-order valence-electron chi connectivity index (χ0n) is 6.23. The lowest BCUT2D eigenvalue weighted by Gasteiger charge is -2.17. The summed E-state index contributed by atoms with van der Waals surface area (Å²) >= 11 is 0. The first-order valence-corrected chi connectivity index (χ1v) is 5.33. The highest BCUT2D eigenvalue weighted by Gasteiger charge is 2.01. The Labute approximate surface area is 53.6 Å². The van der Waals surface area contributed by atoms with Crippen LogP contribution in [0.3, 0.4) is 0 Å². The van der Waals surface area contributed by atoms with E-state index in [2.05, 4.69) is 37.1 Å². The van der Waals surface area contributed by atoms with E-state index in [0.29, 0.717) is 0 Å². The van der Waals surface area contributed by atoms with Crippen molar-refractivity contribution in [3.63, 3.8) is 0 Å². The van der Waals surface area contributed by atoms with Crippen LogP contribution in [0.25, 0.3) is 0 Å². The highest BCUT2D eigenvalue weighted by molar-refractivity contribution is 6.51. The smallest absolute Gasteiger partial charge is 0.183 e. The minimum absolute atomic E-state index is 0.692. The molecule has 0 amide bonds. The molecule has 0 radical (unpaired) electrons. The lowest BCUT2D eigenvalue weighted by molar-refractivity contribution is 0.622. The van der Waals surface area contributed by atoms with Gasteiger partial charge < -0.3 is 9.55 Å². The summed E-state index contributed by atoms with van der Waals surface area (Å²) in [5, 5.41) is 0. The van der Waals surface area contributed by atoms with Crippen molar-refractivity contribution in [1.82, 2.24) is 9.55 Å². The molecule has 0 saturated heterocycles. The minimum atomic E-state index is -0.692. The average Bonchev–Trinajstić information content (AvgIpc) is 1.67. The van der Waals surface area contributed by atoms with Crippen LogP contribution < -0.4 is 4.98 Å². The van der Waals surface area contributed by atoms with Gasteiger partial charge in [0.2, 0.25) is 0 Å². The first kappa shape index (κ1) is 8.14. The van der Waals surface area contributed by atoms with E-state index in [4.69, 9.17) is 0 Å². The number of nitrogens with one attached hydrogen (secondary N) is 1. The molecule has 0 aliphatic carbocycles. The third-order valence-corrected chi connectivity index (χ3v) is 3.82. The van der Waals surface area contributed by atoms with Gasteiger partial charge in [0.15, 0.2) is 9.12 Å². The Balaban J connectivity index is 3.17. The predicted octanol–water partition coefficient (Wildman–Crippen LogP) is 0.00780. The summed E-state index contributed by atoms with van der Waals surface area (Å²) in [6.45, 7) is 5.53. The highest BCUT2D eigenvalue weighted by Crippen LogP contribution is 1.77. The van der Waals surface area contributed by atoms with Crippen molar-refractivity contribution in [3.05, 3.63) is 0 Å². The third kappa shape index (κ3) is 3.18. The molecule has 0 spiro atoms. The number of hydrogen-bond acceptors (Lipinski definition) is 2. The summed E-state index contributed by atoms with van der Waals surface area (Å²) in [6, 6.07) is 0. The van der Waals surface area contributed by atoms with E-state index < -0.39 is 9.12 Å². The maximum atomic E-state index is 3.41. The van der Waals surface area contributed by atoms with E-state index in [0.717, 1.165) is 6.54 Å². The average molecular weight is 132 g/mol. The SMILES string of the molecule is CCN[SiH](C)N(C)C. The zero-order valence-corrected chi connectivity index (χ0v) is 7.39. The molecule has 0 saturated carbocycles. The van der Waals surface area contributed by atoms with Gasteiger partial charge in [-0.2, -0.15) is 0 Å². The van der Waals surface area contributed by atoms with E-state index >= 15 is 0 Å². The standard InChI is InChI=1S/C5H16N2Si/c1-5-6-8(4)7(2)3/h6,8H,5H2,1-4H3. The summed E-state index contributed by atoms with van der Waals surface area (Å²) in [5.41, 5.74) is 0. The first-order valence-electron chi connectivity index (χ1n) is 3.08. The second-order valence-electron chi connectivity index (χ2n) is 2.20. The van der Waals surface area contributed by atoms with E-state index in [-0.39, 0.29) is 0 Å². The topological polar surface area (TPSA) is 15.3 Å². The fourth-order valence-corrected chi connectivity index (χ4v) is 1.43. The van der Waals surface area contributed by atoms with Gasteiger partial charge in [0, 0.05) is 0 Å². The molecule has 0 fully saturated rings. The number of rotatable bonds is 3. The molecule has 8 heavy (non-hydrogen) atoms. The summed E-state index contributed by atoms with van der Waals surface area (Å²) in [4.78, 5) is 3.41. The molecule has 50 valence electrons. The van der Waals surface area contributed by atoms with Crippen molar-refractivity contribution in [2.24, 2.45) is 0 Å². The highest BCUT2D eigenvalue weighted by atomic mass is 28.3. The van der Waals surface area contributed by atoms with Gasteiger partial charge in [-0.05, 0) is 27.2 Å². The Kier molecular flexibility index (Phi) is 4.13. The maximum Gasteiger partial charge on any atom is 0.183 e. The van der Waals surface area contributed by atoms with Crippen LogP contribution in [0.1, 0.15) is 6.92 Å². The van der Waals surface area contributed by atoms with Crippen LogP contribution in [-0.4, -0.2) is 34.3 Å². The van der Waals surface area contributed by atoms with Crippen LogP contribution in [0.2, 0.25) is 6.55 Å². The largest absolute Gasteiger partial charge is 0.328 e. The molecule has 0 rings (SSSR count). The van der Waals surface area contributed by atoms with Crippen LogP contribution in [0.5, 0.6) is 0 Å². The third-order valence-electron chi connectivity index (χ3n) is 1.27. The summed E-state index contributed by atoms with van der Waals surface area (Å²) in [6.07, 6.45) is 0. The van der Waals surface area contributed by atoms with Crippen LogP contribution >= 0.6 is 0 Å². The molecule has 0 heterocycles. The molecule has 3 heteroatoms. The Morgan fingerprint density at radius 1 is 1.50 bits per heavy atom. The monoisotopic (exact) mass is 132 g/mol. The molecule has 0 bridgehead atoms. The second-order valence-corrected chi connectivity index (χ2v) is 4.99. The molecule has 1 atom stereocenters. The number of hydrogen-bond donors (Lipinski definition) is 1. The van der Waals surface area contributed by atoms with E-state index in [1.54, 1.807) is 0 Å². The van der Waals surface area contributed by atoms with Gasteiger partial charge in [-0.3, -0.25) is 0 Å². The molecule has 0 aliphatic rings. The lowest BCUT2D eigenvalue weighted by Crippen LogP contribution is -2.43. The van der Waals surface area contributed by atoms with Crippen LogP contribution in [0.4, 0.5) is 0 Å². The quantitative estimate of drug-likeness (QED) is 0.544. The van der Waals surface area contributed by atoms with Gasteiger partial charge in [0.25, 0.3) is 0 Å². The lowest BCUT2D eigenvalue weighted by atomic mass is 10.8. The van der Waals surface area contributed by atoms with Crippen molar-refractivity contribution in [2.45, 2.75) is 13.5 Å². The fourth-order valence-electron chi connectivity index (χ4n) is 0.478. The summed E-state index contributed by atoms with van der Waals surface area (Å²) in [5.74, 6) is 0. The van der Waals surface area contributed by atoms with Gasteiger partial charge in [-0.25, -0.2) is 0 Å². The van der Waals surface area contributed by atoms with Crippen LogP contribution in [-0.2, 0) is 0 Å². The Hall–Kier alpha value is 0.137. The number of nitrogens with zero attached hydrogens (tertiary/aromatic N) is 1. The molecule has 1 unspecified atom stereocenters. The molecule has 0 aromatic rings. The van der Waals surface area contributed by atoms with Crippen molar-refractivity contribution >= 4 is 9.12 Å². The summed E-state index contributed by atoms with van der Waals surface area (Å²) in [7, 11) is 3.56. The molecule has 0 aromatic heterocycles. The molecular weight excluding hydrogens is 116 g/mol. The van der Waals surface area contributed by atoms with Gasteiger partial charge in [0.05, 0.1) is 0 Å². The molecule has 0 aromatic carbocycles. The van der Waals surface area contributed by atoms with E-state index in [1.165, 1.54) is 0 Å². The van der Waals surface area contributed by atoms with Crippen LogP contribution in [0, 0.1) is 0 Å². The van der Waals surface area contributed by atoms with E-state index in [1.807, 2.05) is 0 Å². The van der Waals surface area contributed by atoms with Crippen LogP contribution in [0.15, 0.2) is 0 Å². The molecular formula is C5H16N2Si. The van der Waals surface area contributed by atoms with Crippen molar-refractivity contribution in [2.75, 3.05) is 20.6 Å². The van der Waals surface area contributed by atoms with E-state index in [9.17, 15) is 0 Å². The van der Waals surface area contributed by atoms with Crippen molar-refractivity contribution < 1.29 is 0 Å². The second kappa shape index (κ2) is 4.06. The predicted molar refractivity (Wildman–Crippen MR) is 40.4 cm³/mol. The Morgan fingerprint density at radius 2 is 2.00 bits per heavy atom. The molecule has 2 nitrogen and oxygen atoms in total. The molecule has 1 N–H and O–H groups in total. The van der Waals surface area contributed by atoms with Crippen molar-refractivity contribution in [1.29, 1.82) is 0 Å². The fraction of sp³-hybridized carbons (Fsp3) is 1.00. The Bertz CT molecular complexity index is 56.4. The minimum Gasteiger partial charge on any atom is -0.328 e. The maximum absolute atomic E-state index is 3.41. The van der Waals surface area contributed by atoms with Gasteiger partial charge in [0.1, 0.15) is 0 Å². The first-order chi connectivity index (χ1) is 3.68. The van der Waals surface area contributed by atoms with Gasteiger partial charge >= 0.3 is 0 Å². The van der Waals surface area contributed by atoms with Crippen molar-refractivity contribution in [3.8, 4) is 0 Å². The normalized spacial score (nSPS) is 14.6. The zero-order chi connectivity index (χ0) is 6.57. The Morgan fingerprint density at radius 3 is 2.12 bits per heavy atom. The summed E-state index contributed by atoms with van der Waals surface area (Å²) < 4.78 is 2.28.